The molecule has 4 heterocycles. The predicted octanol–water partition coefficient (Wildman–Crippen LogP) is 9.11. The number of fused-ring (bicyclic) bond motifs is 11. The van der Waals surface area contributed by atoms with Crippen LogP contribution in [0.15, 0.2) is 133 Å². The molecule has 5 heteroatoms. The Balaban J connectivity index is 1.20. The fourth-order valence-corrected chi connectivity index (χ4v) is 7.10. The average molecular weight is 553 g/mol. The van der Waals surface area contributed by atoms with Crippen molar-refractivity contribution in [1.82, 2.24) is 18.7 Å². The lowest BCUT2D eigenvalue weighted by Gasteiger charge is -2.21. The van der Waals surface area contributed by atoms with Gasteiger partial charge in [0.15, 0.2) is 5.82 Å². The molecule has 0 unspecified atom stereocenters. The number of nitrogens with zero attached hydrogens (tertiary/aromatic N) is 4. The van der Waals surface area contributed by atoms with E-state index in [1.807, 2.05) is 6.07 Å². The maximum absolute atomic E-state index is 6.29. The third-order valence-corrected chi connectivity index (χ3v) is 8.92. The summed E-state index contributed by atoms with van der Waals surface area (Å²) in [4.78, 5) is 4.80. The van der Waals surface area contributed by atoms with Crippen molar-refractivity contribution in [3.63, 3.8) is 0 Å². The lowest BCUT2D eigenvalue weighted by molar-refractivity contribution is 0.280. The van der Waals surface area contributed by atoms with Crippen LogP contribution in [0.1, 0.15) is 5.82 Å². The van der Waals surface area contributed by atoms with Gasteiger partial charge in [0.2, 0.25) is 0 Å². The Labute approximate surface area is 246 Å². The zero-order chi connectivity index (χ0) is 28.1. The van der Waals surface area contributed by atoms with E-state index in [2.05, 4.69) is 141 Å². The van der Waals surface area contributed by atoms with Gasteiger partial charge in [-0.15, -0.1) is 0 Å². The first-order chi connectivity index (χ1) is 21.3. The summed E-state index contributed by atoms with van der Waals surface area (Å²) in [7, 11) is 0. The molecule has 43 heavy (non-hydrogen) atoms. The Morgan fingerprint density at radius 1 is 0.465 bits per heavy atom. The fourth-order valence-electron chi connectivity index (χ4n) is 7.10. The van der Waals surface area contributed by atoms with Crippen LogP contribution in [0.2, 0.25) is 0 Å². The summed E-state index contributed by atoms with van der Waals surface area (Å²) in [6.45, 7) is 0.445. The Morgan fingerprint density at radius 3 is 1.70 bits per heavy atom. The van der Waals surface area contributed by atoms with E-state index >= 15 is 0 Å². The first kappa shape index (κ1) is 22.8. The number of rotatable bonds is 2. The van der Waals surface area contributed by atoms with Crippen molar-refractivity contribution in [2.45, 2.75) is 6.61 Å². The van der Waals surface area contributed by atoms with Crippen molar-refractivity contribution in [1.29, 1.82) is 0 Å². The number of aromatic nitrogens is 4. The van der Waals surface area contributed by atoms with Crippen molar-refractivity contribution >= 4 is 54.6 Å². The summed E-state index contributed by atoms with van der Waals surface area (Å²) in [5.74, 6) is 1.79. The highest BCUT2D eigenvalue weighted by molar-refractivity contribution is 6.12. The van der Waals surface area contributed by atoms with E-state index in [9.17, 15) is 0 Å². The van der Waals surface area contributed by atoms with Crippen molar-refractivity contribution in [3.8, 4) is 22.8 Å². The van der Waals surface area contributed by atoms with E-state index in [4.69, 9.17) is 9.72 Å². The maximum atomic E-state index is 6.29. The van der Waals surface area contributed by atoms with Gasteiger partial charge in [-0.2, -0.15) is 0 Å². The van der Waals surface area contributed by atoms with E-state index < -0.39 is 0 Å². The molecule has 1 aliphatic rings. The van der Waals surface area contributed by atoms with E-state index in [1.165, 1.54) is 38.1 Å². The highest BCUT2D eigenvalue weighted by Gasteiger charge is 2.23. The van der Waals surface area contributed by atoms with Crippen LogP contribution in [0.3, 0.4) is 0 Å². The fraction of sp³-hybridized carbons (Fsp3) is 0.0263. The standard InChI is InChI=1S/C38H24N4O/c1-5-13-31-26(9-1)27-10-2-6-14-32(27)40(31)24-17-19-34-29(21-24)28-11-3-7-15-33(28)41(34)25-18-20-36-37(22-25)43-23-38-39-30-12-4-8-16-35(30)42(36)38/h1-22H,23H2. The van der Waals surface area contributed by atoms with Crippen LogP contribution in [0.5, 0.6) is 5.75 Å². The number of imidazole rings is 1. The molecule has 0 spiro atoms. The Bertz CT molecular complexity index is 2530. The zero-order valence-electron chi connectivity index (χ0n) is 23.1. The number of ether oxygens (including phenoxy) is 1. The molecular weight excluding hydrogens is 528 g/mol. The smallest absolute Gasteiger partial charge is 0.152 e. The van der Waals surface area contributed by atoms with Gasteiger partial charge >= 0.3 is 0 Å². The SMILES string of the molecule is c1ccc2c(c1)nc1n2-c2ccc(-n3c4ccccc4c4cc(-n5c6ccccc6c6ccccc65)ccc43)cc2OC1. The molecule has 0 amide bonds. The summed E-state index contributed by atoms with van der Waals surface area (Å²) in [5, 5.41) is 4.98. The highest BCUT2D eigenvalue weighted by Crippen LogP contribution is 2.39. The largest absolute Gasteiger partial charge is 0.483 e. The quantitative estimate of drug-likeness (QED) is 0.214. The van der Waals surface area contributed by atoms with E-state index in [-0.39, 0.29) is 0 Å². The van der Waals surface area contributed by atoms with E-state index in [0.29, 0.717) is 6.61 Å². The molecule has 10 rings (SSSR count). The molecule has 0 saturated carbocycles. The van der Waals surface area contributed by atoms with E-state index in [0.717, 1.165) is 45.2 Å². The summed E-state index contributed by atoms with van der Waals surface area (Å²) in [6, 6.07) is 47.6. The molecule has 1 aliphatic heterocycles. The molecule has 6 aromatic carbocycles. The zero-order valence-corrected chi connectivity index (χ0v) is 23.1. The lowest BCUT2D eigenvalue weighted by atomic mass is 10.1. The molecule has 202 valence electrons. The maximum Gasteiger partial charge on any atom is 0.152 e. The minimum absolute atomic E-state index is 0.445. The molecule has 0 atom stereocenters. The molecule has 0 aliphatic carbocycles. The van der Waals surface area contributed by atoms with E-state index in [1.54, 1.807) is 0 Å². The van der Waals surface area contributed by atoms with Gasteiger partial charge in [-0.1, -0.05) is 66.7 Å². The minimum atomic E-state index is 0.445. The molecule has 0 radical (unpaired) electrons. The normalized spacial score (nSPS) is 12.7. The number of para-hydroxylation sites is 5. The number of hydrogen-bond acceptors (Lipinski definition) is 2. The van der Waals surface area contributed by atoms with Gasteiger partial charge in [0.05, 0.1) is 44.5 Å². The molecule has 5 nitrogen and oxygen atoms in total. The summed E-state index contributed by atoms with van der Waals surface area (Å²) < 4.78 is 13.3. The third-order valence-electron chi connectivity index (χ3n) is 8.92. The second-order valence-electron chi connectivity index (χ2n) is 11.2. The van der Waals surface area contributed by atoms with Crippen molar-refractivity contribution in [3.05, 3.63) is 139 Å². The van der Waals surface area contributed by atoms with Crippen LogP contribution in [-0.2, 0) is 6.61 Å². The average Bonchev–Trinajstić information content (AvgIpc) is 3.72. The molecule has 9 aromatic rings. The van der Waals surface area contributed by atoms with Gasteiger partial charge < -0.3 is 13.9 Å². The molecule has 0 N–H and O–H groups in total. The van der Waals surface area contributed by atoms with Crippen LogP contribution in [0, 0.1) is 0 Å². The van der Waals surface area contributed by atoms with Crippen LogP contribution in [0.25, 0.3) is 71.7 Å². The van der Waals surface area contributed by atoms with Crippen molar-refractivity contribution < 1.29 is 4.74 Å². The Hall–Kier alpha value is -5.81. The Morgan fingerprint density at radius 2 is 1.00 bits per heavy atom. The van der Waals surface area contributed by atoms with Gasteiger partial charge in [-0.05, 0) is 60.7 Å². The topological polar surface area (TPSA) is 36.9 Å². The summed E-state index contributed by atoms with van der Waals surface area (Å²) >= 11 is 0. The van der Waals surface area contributed by atoms with Crippen molar-refractivity contribution in [2.75, 3.05) is 0 Å². The second-order valence-corrected chi connectivity index (χ2v) is 11.2. The van der Waals surface area contributed by atoms with Crippen LogP contribution in [-0.4, -0.2) is 18.7 Å². The second kappa shape index (κ2) is 8.37. The Kier molecular flexibility index (Phi) is 4.44. The first-order valence-electron chi connectivity index (χ1n) is 14.6. The monoisotopic (exact) mass is 552 g/mol. The first-order valence-corrected chi connectivity index (χ1v) is 14.6. The molecule has 0 fully saturated rings. The molecule has 0 bridgehead atoms. The van der Waals surface area contributed by atoms with Gasteiger partial charge in [0.25, 0.3) is 0 Å². The van der Waals surface area contributed by atoms with Crippen molar-refractivity contribution in [2.24, 2.45) is 0 Å². The summed E-state index contributed by atoms with van der Waals surface area (Å²) in [6.07, 6.45) is 0. The van der Waals surface area contributed by atoms with Gasteiger partial charge in [0, 0.05) is 33.3 Å². The summed E-state index contributed by atoms with van der Waals surface area (Å²) in [5.41, 5.74) is 10.1. The van der Waals surface area contributed by atoms with Gasteiger partial charge in [-0.3, -0.25) is 4.57 Å². The highest BCUT2D eigenvalue weighted by atomic mass is 16.5. The molecular formula is C38H24N4O. The number of hydrogen-bond donors (Lipinski definition) is 0. The molecule has 3 aromatic heterocycles. The lowest BCUT2D eigenvalue weighted by Crippen LogP contribution is -2.13. The molecule has 0 saturated heterocycles. The van der Waals surface area contributed by atoms with Gasteiger partial charge in [0.1, 0.15) is 12.4 Å². The number of benzene rings is 6. The van der Waals surface area contributed by atoms with Crippen LogP contribution >= 0.6 is 0 Å². The predicted molar refractivity (Wildman–Crippen MR) is 174 cm³/mol. The minimum Gasteiger partial charge on any atom is -0.483 e. The van der Waals surface area contributed by atoms with Crippen LogP contribution in [0.4, 0.5) is 0 Å². The third kappa shape index (κ3) is 3.08. The van der Waals surface area contributed by atoms with Crippen LogP contribution < -0.4 is 4.74 Å². The van der Waals surface area contributed by atoms with Gasteiger partial charge in [-0.25, -0.2) is 4.98 Å².